The fourth-order valence-corrected chi connectivity index (χ4v) is 1.71. The number of hydrogen-bond donors (Lipinski definition) is 2. The van der Waals surface area contributed by atoms with Crippen LogP contribution in [0.25, 0.3) is 0 Å². The van der Waals surface area contributed by atoms with Crippen LogP contribution in [-0.2, 0) is 10.4 Å². The molecule has 112 valence electrons. The summed E-state index contributed by atoms with van der Waals surface area (Å²) in [6.45, 7) is 3.86. The zero-order valence-corrected chi connectivity index (χ0v) is 11.4. The van der Waals surface area contributed by atoms with E-state index in [1.165, 1.54) is 18.2 Å². The van der Waals surface area contributed by atoms with E-state index in [1.54, 1.807) is 0 Å². The van der Waals surface area contributed by atoms with Crippen LogP contribution in [0.1, 0.15) is 25.8 Å². The molecule has 0 fully saturated rings. The van der Waals surface area contributed by atoms with Gasteiger partial charge in [0.25, 0.3) is 11.5 Å². The zero-order valence-electron chi connectivity index (χ0n) is 11.4. The number of halogens is 3. The normalized spacial score (nSPS) is 14.9. The van der Waals surface area contributed by atoms with Crippen LogP contribution in [0.5, 0.6) is 0 Å². The highest BCUT2D eigenvalue weighted by molar-refractivity contribution is 5.87. The van der Waals surface area contributed by atoms with E-state index in [4.69, 9.17) is 0 Å². The van der Waals surface area contributed by atoms with Crippen molar-refractivity contribution < 1.29 is 23.1 Å². The molecule has 6 heteroatoms. The number of rotatable bonds is 5. The van der Waals surface area contributed by atoms with Gasteiger partial charge in [-0.05, 0) is 12.3 Å². The van der Waals surface area contributed by atoms with Gasteiger partial charge in [0, 0.05) is 12.1 Å². The molecule has 0 aromatic heterocycles. The third-order valence-electron chi connectivity index (χ3n) is 2.94. The van der Waals surface area contributed by atoms with Crippen LogP contribution in [0.4, 0.5) is 13.2 Å². The van der Waals surface area contributed by atoms with Gasteiger partial charge in [-0.3, -0.25) is 4.79 Å². The molecule has 0 unspecified atom stereocenters. The molecule has 1 aromatic carbocycles. The maximum atomic E-state index is 13.1. The SMILES string of the molecule is CC(C)CCNC(=O)[C@](O)(c1ccccc1)C(F)(F)F. The van der Waals surface area contributed by atoms with Crippen molar-refractivity contribution in [1.29, 1.82) is 0 Å². The second-order valence-electron chi connectivity index (χ2n) is 5.01. The predicted molar refractivity (Wildman–Crippen MR) is 68.9 cm³/mol. The van der Waals surface area contributed by atoms with Crippen LogP contribution in [0, 0.1) is 5.92 Å². The molecule has 3 nitrogen and oxygen atoms in total. The van der Waals surface area contributed by atoms with Crippen LogP contribution >= 0.6 is 0 Å². The highest BCUT2D eigenvalue weighted by Crippen LogP contribution is 2.39. The van der Waals surface area contributed by atoms with Crippen molar-refractivity contribution in [2.75, 3.05) is 6.54 Å². The quantitative estimate of drug-likeness (QED) is 0.875. The summed E-state index contributed by atoms with van der Waals surface area (Å²) < 4.78 is 39.3. The van der Waals surface area contributed by atoms with Crippen LogP contribution in [0.2, 0.25) is 0 Å². The van der Waals surface area contributed by atoms with Gasteiger partial charge in [-0.15, -0.1) is 0 Å². The van der Waals surface area contributed by atoms with E-state index in [0.717, 1.165) is 12.1 Å². The Morgan fingerprint density at radius 2 is 1.80 bits per heavy atom. The van der Waals surface area contributed by atoms with Crippen LogP contribution in [-0.4, -0.2) is 23.7 Å². The molecule has 0 aliphatic heterocycles. The first-order valence-electron chi connectivity index (χ1n) is 6.32. The standard InChI is InChI=1S/C14H18F3NO2/c1-10(2)8-9-18-12(19)13(20,14(15,16)17)11-6-4-3-5-7-11/h3-7,10,20H,8-9H2,1-2H3,(H,18,19)/t13-/m1/s1. The number of benzene rings is 1. The smallest absolute Gasteiger partial charge is 0.369 e. The van der Waals surface area contributed by atoms with Crippen molar-refractivity contribution in [3.05, 3.63) is 35.9 Å². The number of carbonyl (C=O) groups excluding carboxylic acids is 1. The average molecular weight is 289 g/mol. The first-order chi connectivity index (χ1) is 9.19. The van der Waals surface area contributed by atoms with Crippen molar-refractivity contribution in [2.45, 2.75) is 32.0 Å². The number of aliphatic hydroxyl groups is 1. The van der Waals surface area contributed by atoms with E-state index in [9.17, 15) is 23.1 Å². The highest BCUT2D eigenvalue weighted by atomic mass is 19.4. The number of amides is 1. The average Bonchev–Trinajstić information content (AvgIpc) is 2.36. The molecule has 0 spiro atoms. The number of nitrogens with one attached hydrogen (secondary N) is 1. The molecule has 1 atom stereocenters. The summed E-state index contributed by atoms with van der Waals surface area (Å²) in [5.74, 6) is -1.21. The Morgan fingerprint density at radius 1 is 1.25 bits per heavy atom. The van der Waals surface area contributed by atoms with Gasteiger partial charge in [0.2, 0.25) is 0 Å². The molecule has 0 saturated heterocycles. The lowest BCUT2D eigenvalue weighted by atomic mass is 9.92. The van der Waals surface area contributed by atoms with Gasteiger partial charge in [-0.1, -0.05) is 44.2 Å². The van der Waals surface area contributed by atoms with E-state index in [-0.39, 0.29) is 12.5 Å². The third kappa shape index (κ3) is 3.50. The summed E-state index contributed by atoms with van der Waals surface area (Å²) in [4.78, 5) is 11.8. The maximum Gasteiger partial charge on any atom is 0.430 e. The molecule has 1 aromatic rings. The minimum atomic E-state index is -5.09. The minimum absolute atomic E-state index is 0.0850. The van der Waals surface area contributed by atoms with Crippen LogP contribution in [0.3, 0.4) is 0 Å². The van der Waals surface area contributed by atoms with Gasteiger partial charge < -0.3 is 10.4 Å². The maximum absolute atomic E-state index is 13.1. The van der Waals surface area contributed by atoms with E-state index in [1.807, 2.05) is 13.8 Å². The molecule has 1 amide bonds. The fraction of sp³-hybridized carbons (Fsp3) is 0.500. The van der Waals surface area contributed by atoms with Crippen LogP contribution < -0.4 is 5.32 Å². The molecule has 0 bridgehead atoms. The second-order valence-corrected chi connectivity index (χ2v) is 5.01. The molecule has 2 N–H and O–H groups in total. The van der Waals surface area contributed by atoms with Crippen LogP contribution in [0.15, 0.2) is 30.3 Å². The minimum Gasteiger partial charge on any atom is -0.369 e. The highest BCUT2D eigenvalue weighted by Gasteiger charge is 2.60. The topological polar surface area (TPSA) is 49.3 Å². The van der Waals surface area contributed by atoms with Crippen molar-refractivity contribution in [3.63, 3.8) is 0 Å². The second kappa shape index (κ2) is 6.26. The number of carbonyl (C=O) groups is 1. The first-order valence-corrected chi connectivity index (χ1v) is 6.32. The number of alkyl halides is 3. The summed E-state index contributed by atoms with van der Waals surface area (Å²) in [6.07, 6.45) is -4.55. The van der Waals surface area contributed by atoms with Gasteiger partial charge in [-0.25, -0.2) is 0 Å². The summed E-state index contributed by atoms with van der Waals surface area (Å²) >= 11 is 0. The van der Waals surface area contributed by atoms with Gasteiger partial charge in [0.1, 0.15) is 0 Å². The summed E-state index contributed by atoms with van der Waals surface area (Å²) in [6, 6.07) is 6.35. The zero-order chi connectivity index (χ0) is 15.4. The Balaban J connectivity index is 2.99. The van der Waals surface area contributed by atoms with Gasteiger partial charge >= 0.3 is 6.18 Å². The Morgan fingerprint density at radius 3 is 2.25 bits per heavy atom. The van der Waals surface area contributed by atoms with E-state index < -0.39 is 23.2 Å². The van der Waals surface area contributed by atoms with Crippen molar-refractivity contribution in [1.82, 2.24) is 5.32 Å². The van der Waals surface area contributed by atoms with Crippen molar-refractivity contribution in [3.8, 4) is 0 Å². The third-order valence-corrected chi connectivity index (χ3v) is 2.94. The molecule has 0 radical (unpaired) electrons. The van der Waals surface area contributed by atoms with Gasteiger partial charge in [0.15, 0.2) is 0 Å². The van der Waals surface area contributed by atoms with Crippen molar-refractivity contribution in [2.24, 2.45) is 5.92 Å². The lowest BCUT2D eigenvalue weighted by molar-refractivity contribution is -0.257. The van der Waals surface area contributed by atoms with Crippen molar-refractivity contribution >= 4 is 5.91 Å². The van der Waals surface area contributed by atoms with Gasteiger partial charge in [-0.2, -0.15) is 13.2 Å². The lowest BCUT2D eigenvalue weighted by Gasteiger charge is -2.29. The fourth-order valence-electron chi connectivity index (χ4n) is 1.71. The molecule has 0 aliphatic rings. The Kier molecular flexibility index (Phi) is 5.16. The molecule has 0 heterocycles. The van der Waals surface area contributed by atoms with E-state index in [0.29, 0.717) is 6.42 Å². The molecular weight excluding hydrogens is 271 g/mol. The Labute approximate surface area is 115 Å². The molecular formula is C14H18F3NO2. The molecule has 1 rings (SSSR count). The molecule has 0 aliphatic carbocycles. The summed E-state index contributed by atoms with van der Waals surface area (Å²) in [5.41, 5.74) is -4.01. The number of hydrogen-bond acceptors (Lipinski definition) is 2. The Bertz CT molecular complexity index is 445. The predicted octanol–water partition coefficient (Wildman–Crippen LogP) is 2.60. The molecule has 0 saturated carbocycles. The Hall–Kier alpha value is -1.56. The van der Waals surface area contributed by atoms with E-state index in [2.05, 4.69) is 5.32 Å². The first kappa shape index (κ1) is 16.5. The van der Waals surface area contributed by atoms with E-state index >= 15 is 0 Å². The summed E-state index contributed by atoms with van der Waals surface area (Å²) in [5, 5.41) is 12.1. The monoisotopic (exact) mass is 289 g/mol. The lowest BCUT2D eigenvalue weighted by Crippen LogP contribution is -2.54. The molecule has 20 heavy (non-hydrogen) atoms. The summed E-state index contributed by atoms with van der Waals surface area (Å²) in [7, 11) is 0. The van der Waals surface area contributed by atoms with Gasteiger partial charge in [0.05, 0.1) is 0 Å². The largest absolute Gasteiger partial charge is 0.430 e.